The Kier molecular flexibility index (Phi) is 3.47. The fourth-order valence-corrected chi connectivity index (χ4v) is 2.20. The van der Waals surface area contributed by atoms with E-state index in [0.717, 1.165) is 4.90 Å². The maximum absolute atomic E-state index is 12.3. The molecule has 1 atom stereocenters. The molecule has 0 bridgehead atoms. The molecule has 16 heavy (non-hydrogen) atoms. The molecule has 7 heteroatoms. The highest BCUT2D eigenvalue weighted by molar-refractivity contribution is 4.94. The van der Waals surface area contributed by atoms with Crippen molar-refractivity contribution in [2.45, 2.75) is 44.1 Å². The van der Waals surface area contributed by atoms with Crippen LogP contribution < -0.4 is 0 Å². The van der Waals surface area contributed by atoms with Gasteiger partial charge in [-0.15, -0.1) is 0 Å². The van der Waals surface area contributed by atoms with Gasteiger partial charge in [-0.1, -0.05) is 0 Å². The minimum atomic E-state index is -4.45. The molecule has 96 valence electrons. The fourth-order valence-electron chi connectivity index (χ4n) is 2.20. The van der Waals surface area contributed by atoms with Gasteiger partial charge in [0.1, 0.15) is 0 Å². The molecule has 1 aliphatic rings. The molecule has 0 aromatic rings. The Labute approximate surface area is 89.4 Å². The summed E-state index contributed by atoms with van der Waals surface area (Å²) < 4.78 is 73.2. The lowest BCUT2D eigenvalue weighted by molar-refractivity contribution is -0.181. The molecule has 1 aliphatic heterocycles. The van der Waals surface area contributed by atoms with Crippen LogP contribution in [-0.4, -0.2) is 35.9 Å². The summed E-state index contributed by atoms with van der Waals surface area (Å²) in [6, 6.07) is 0. The van der Waals surface area contributed by atoms with Crippen molar-refractivity contribution in [1.82, 2.24) is 4.90 Å². The normalized spacial score (nSPS) is 28.7. The van der Waals surface area contributed by atoms with Crippen LogP contribution in [0.15, 0.2) is 0 Å². The van der Waals surface area contributed by atoms with Crippen LogP contribution >= 0.6 is 0 Å². The van der Waals surface area contributed by atoms with E-state index < -0.39 is 30.9 Å². The maximum atomic E-state index is 12.3. The number of likely N-dealkylation sites (tertiary alicyclic amines) is 1. The van der Waals surface area contributed by atoms with Gasteiger partial charge in [0.05, 0.1) is 13.0 Å². The first kappa shape index (κ1) is 13.6. The third-order valence-corrected chi connectivity index (χ3v) is 2.86. The lowest BCUT2D eigenvalue weighted by atomic mass is 9.94. The topological polar surface area (TPSA) is 3.24 Å². The minimum absolute atomic E-state index is 0.0755. The zero-order valence-corrected chi connectivity index (χ0v) is 8.75. The third-order valence-electron chi connectivity index (χ3n) is 2.86. The van der Waals surface area contributed by atoms with Crippen molar-refractivity contribution in [3.05, 3.63) is 0 Å². The van der Waals surface area contributed by atoms with E-state index in [9.17, 15) is 26.3 Å². The number of alkyl halides is 6. The van der Waals surface area contributed by atoms with Crippen molar-refractivity contribution in [3.63, 3.8) is 0 Å². The number of nitrogens with zero attached hydrogens (tertiary/aromatic N) is 1. The predicted octanol–water partition coefficient (Wildman–Crippen LogP) is 3.36. The van der Waals surface area contributed by atoms with E-state index in [1.54, 1.807) is 0 Å². The highest BCUT2D eigenvalue weighted by Gasteiger charge is 2.48. The molecule has 1 heterocycles. The molecule has 0 N–H and O–H groups in total. The summed E-state index contributed by atoms with van der Waals surface area (Å²) in [7, 11) is 0. The number of halogens is 6. The molecule has 0 radical (unpaired) electrons. The van der Waals surface area contributed by atoms with Gasteiger partial charge in [-0.2, -0.15) is 26.3 Å². The molecule has 1 saturated heterocycles. The van der Waals surface area contributed by atoms with Gasteiger partial charge in [-0.05, 0) is 26.3 Å². The van der Waals surface area contributed by atoms with E-state index in [2.05, 4.69) is 0 Å². The predicted molar refractivity (Wildman–Crippen MR) is 45.9 cm³/mol. The van der Waals surface area contributed by atoms with Gasteiger partial charge < -0.3 is 0 Å². The van der Waals surface area contributed by atoms with Crippen molar-refractivity contribution in [2.75, 3.05) is 13.1 Å². The Morgan fingerprint density at radius 1 is 1.06 bits per heavy atom. The van der Waals surface area contributed by atoms with Gasteiger partial charge in [0, 0.05) is 5.54 Å². The van der Waals surface area contributed by atoms with E-state index in [-0.39, 0.29) is 13.0 Å². The van der Waals surface area contributed by atoms with Crippen LogP contribution in [0.2, 0.25) is 0 Å². The smallest absolute Gasteiger partial charge is 0.289 e. The average Bonchev–Trinajstić information content (AvgIpc) is 2.24. The van der Waals surface area contributed by atoms with Gasteiger partial charge in [0.2, 0.25) is 0 Å². The summed E-state index contributed by atoms with van der Waals surface area (Å²) in [6.45, 7) is 0.0604. The monoisotopic (exact) mass is 249 g/mol. The van der Waals surface area contributed by atoms with E-state index in [1.807, 2.05) is 0 Å². The first-order valence-electron chi connectivity index (χ1n) is 4.90. The lowest BCUT2D eigenvalue weighted by Gasteiger charge is -2.36. The van der Waals surface area contributed by atoms with Crippen LogP contribution in [-0.2, 0) is 0 Å². The van der Waals surface area contributed by atoms with E-state index in [1.165, 1.54) is 6.92 Å². The summed E-state index contributed by atoms with van der Waals surface area (Å²) in [6.07, 6.45) is -9.53. The van der Waals surface area contributed by atoms with E-state index in [4.69, 9.17) is 0 Å². The van der Waals surface area contributed by atoms with Gasteiger partial charge >= 0.3 is 12.4 Å². The number of hydrogen-bond donors (Lipinski definition) is 0. The van der Waals surface area contributed by atoms with Gasteiger partial charge in [0.25, 0.3) is 0 Å². The molecule has 1 unspecified atom stereocenters. The van der Waals surface area contributed by atoms with Crippen LogP contribution in [0.5, 0.6) is 0 Å². The molecule has 0 amide bonds. The van der Waals surface area contributed by atoms with Crippen LogP contribution in [0.4, 0.5) is 26.3 Å². The molecule has 0 saturated carbocycles. The summed E-state index contributed by atoms with van der Waals surface area (Å²) in [4.78, 5) is 0.889. The zero-order chi connectivity index (χ0) is 12.6. The highest BCUT2D eigenvalue weighted by Crippen LogP contribution is 2.39. The summed E-state index contributed by atoms with van der Waals surface area (Å²) >= 11 is 0. The minimum Gasteiger partial charge on any atom is -0.289 e. The zero-order valence-electron chi connectivity index (χ0n) is 8.75. The molecule has 1 rings (SSSR count). The summed E-state index contributed by atoms with van der Waals surface area (Å²) in [5, 5.41) is 0. The summed E-state index contributed by atoms with van der Waals surface area (Å²) in [5.74, 6) is 0. The molecule has 1 nitrogen and oxygen atoms in total. The molecular weight excluding hydrogens is 236 g/mol. The number of hydrogen-bond acceptors (Lipinski definition) is 1. The second-order valence-electron chi connectivity index (χ2n) is 4.43. The van der Waals surface area contributed by atoms with Gasteiger partial charge in [-0.3, -0.25) is 4.90 Å². The molecule has 0 spiro atoms. The molecule has 0 aromatic carbocycles. The summed E-state index contributed by atoms with van der Waals surface area (Å²) in [5.41, 5.74) is -1.41. The van der Waals surface area contributed by atoms with Crippen molar-refractivity contribution in [3.8, 4) is 0 Å². The molecule has 1 fully saturated rings. The largest absolute Gasteiger partial charge is 0.401 e. The third kappa shape index (κ3) is 3.84. The lowest BCUT2D eigenvalue weighted by Crippen LogP contribution is -2.48. The molecular formula is C9H13F6N. The standard InChI is InChI=1S/C9H13F6N/c1-7(5-8(10,11)12)3-2-4-16(7)6-9(13,14)15/h2-6H2,1H3. The van der Waals surface area contributed by atoms with Crippen molar-refractivity contribution in [1.29, 1.82) is 0 Å². The van der Waals surface area contributed by atoms with E-state index >= 15 is 0 Å². The second kappa shape index (κ2) is 4.09. The second-order valence-corrected chi connectivity index (χ2v) is 4.43. The Morgan fingerprint density at radius 2 is 1.62 bits per heavy atom. The first-order chi connectivity index (χ1) is 7.02. The number of rotatable bonds is 2. The van der Waals surface area contributed by atoms with Crippen LogP contribution in [0.3, 0.4) is 0 Å². The Morgan fingerprint density at radius 3 is 2.06 bits per heavy atom. The maximum Gasteiger partial charge on any atom is 0.401 e. The SMILES string of the molecule is CC1(CC(F)(F)F)CCCN1CC(F)(F)F. The van der Waals surface area contributed by atoms with Crippen LogP contribution in [0.1, 0.15) is 26.2 Å². The van der Waals surface area contributed by atoms with Crippen molar-refractivity contribution >= 4 is 0 Å². The quantitative estimate of drug-likeness (QED) is 0.678. The van der Waals surface area contributed by atoms with Crippen LogP contribution in [0.25, 0.3) is 0 Å². The first-order valence-corrected chi connectivity index (χ1v) is 4.90. The Hall–Kier alpha value is -0.460. The molecule has 0 aliphatic carbocycles. The van der Waals surface area contributed by atoms with E-state index in [0.29, 0.717) is 6.42 Å². The molecule has 0 aromatic heterocycles. The van der Waals surface area contributed by atoms with Crippen LogP contribution in [0, 0.1) is 0 Å². The highest BCUT2D eigenvalue weighted by atomic mass is 19.4. The van der Waals surface area contributed by atoms with Gasteiger partial charge in [-0.25, -0.2) is 0 Å². The Balaban J connectivity index is 2.70. The van der Waals surface area contributed by atoms with Gasteiger partial charge in [0.15, 0.2) is 0 Å². The fraction of sp³-hybridized carbons (Fsp3) is 1.00. The van der Waals surface area contributed by atoms with Crippen molar-refractivity contribution < 1.29 is 26.3 Å². The van der Waals surface area contributed by atoms with Crippen molar-refractivity contribution in [2.24, 2.45) is 0 Å². The Bertz CT molecular complexity index is 245. The average molecular weight is 249 g/mol.